The molecule has 1 saturated heterocycles. The molecule has 0 aliphatic carbocycles. The van der Waals surface area contributed by atoms with E-state index in [0.29, 0.717) is 0 Å². The van der Waals surface area contributed by atoms with Crippen LogP contribution in [-0.2, 0) is 16.7 Å². The van der Waals surface area contributed by atoms with Crippen molar-refractivity contribution in [1.29, 1.82) is 0 Å². The lowest BCUT2D eigenvalue weighted by Gasteiger charge is -2.26. The van der Waals surface area contributed by atoms with Crippen LogP contribution < -0.4 is 10.6 Å². The molecule has 0 radical (unpaired) electrons. The molecule has 1 aliphatic rings. The molecule has 0 spiro atoms. The third kappa shape index (κ3) is 5.74. The first-order valence-electron chi connectivity index (χ1n) is 13.4. The molecule has 2 N–H and O–H groups in total. The topological polar surface area (TPSA) is 53.6 Å². The van der Waals surface area contributed by atoms with Gasteiger partial charge in [-0.25, -0.2) is 4.79 Å². The van der Waals surface area contributed by atoms with E-state index in [1.165, 1.54) is 11.1 Å². The van der Waals surface area contributed by atoms with Crippen molar-refractivity contribution in [2.75, 3.05) is 36.9 Å². The number of anilines is 2. The number of urea groups is 1. The molecule has 0 bridgehead atoms. The van der Waals surface area contributed by atoms with Gasteiger partial charge < -0.3 is 15.4 Å². The second-order valence-electron chi connectivity index (χ2n) is 11.1. The molecule has 5 nitrogen and oxygen atoms in total. The Morgan fingerprint density at radius 2 is 1.50 bits per heavy atom. The minimum Gasteiger partial charge on any atom is -0.379 e. The number of hydrogen-bond acceptors (Lipinski definition) is 3. The van der Waals surface area contributed by atoms with Crippen molar-refractivity contribution in [3.63, 3.8) is 0 Å². The Morgan fingerprint density at radius 3 is 2.21 bits per heavy atom. The standard InChI is InChI=1S/C33H37N3O2/c1-23-29(33(2,3)4)10-7-11-30(23)34-32(37)35-31-17-16-26(27-8-5-6-9-28(27)31)25-14-12-24(13-15-25)22-36-18-20-38-21-19-36/h5-17H,18-22H2,1-4H3,(H2,34,35,37). The molecule has 0 atom stereocenters. The second-order valence-corrected chi connectivity index (χ2v) is 11.1. The Balaban J connectivity index is 1.36. The summed E-state index contributed by atoms with van der Waals surface area (Å²) in [5, 5.41) is 8.27. The highest BCUT2D eigenvalue weighted by Gasteiger charge is 2.19. The molecule has 5 rings (SSSR count). The number of amides is 2. The van der Waals surface area contributed by atoms with Gasteiger partial charge >= 0.3 is 6.03 Å². The highest BCUT2D eigenvalue weighted by atomic mass is 16.5. The van der Waals surface area contributed by atoms with E-state index in [4.69, 9.17) is 4.74 Å². The van der Waals surface area contributed by atoms with E-state index in [1.807, 2.05) is 30.3 Å². The smallest absolute Gasteiger partial charge is 0.323 e. The summed E-state index contributed by atoms with van der Waals surface area (Å²) >= 11 is 0. The van der Waals surface area contributed by atoms with Gasteiger partial charge in [0, 0.05) is 30.7 Å². The predicted octanol–water partition coefficient (Wildman–Crippen LogP) is 7.59. The monoisotopic (exact) mass is 507 g/mol. The molecule has 0 aromatic heterocycles. The van der Waals surface area contributed by atoms with Gasteiger partial charge in [-0.05, 0) is 57.7 Å². The van der Waals surface area contributed by atoms with Gasteiger partial charge in [0.1, 0.15) is 0 Å². The second kappa shape index (κ2) is 11.0. The van der Waals surface area contributed by atoms with Crippen molar-refractivity contribution in [3.05, 3.63) is 95.6 Å². The number of morpholine rings is 1. The van der Waals surface area contributed by atoms with Crippen molar-refractivity contribution < 1.29 is 9.53 Å². The summed E-state index contributed by atoms with van der Waals surface area (Å²) in [6.07, 6.45) is 0. The Labute approximate surface area is 225 Å². The fraction of sp³-hybridized carbons (Fsp3) is 0.303. The average molecular weight is 508 g/mol. The van der Waals surface area contributed by atoms with Crippen molar-refractivity contribution in [2.45, 2.75) is 39.7 Å². The first-order chi connectivity index (χ1) is 18.3. The molecule has 38 heavy (non-hydrogen) atoms. The maximum atomic E-state index is 13.1. The zero-order chi connectivity index (χ0) is 26.7. The zero-order valence-electron chi connectivity index (χ0n) is 22.8. The minimum absolute atomic E-state index is 0.00495. The molecule has 1 heterocycles. The summed E-state index contributed by atoms with van der Waals surface area (Å²) in [6, 6.07) is 27.0. The van der Waals surface area contributed by atoms with Crippen LogP contribution in [0.1, 0.15) is 37.5 Å². The van der Waals surface area contributed by atoms with Crippen LogP contribution in [0.4, 0.5) is 16.2 Å². The molecule has 0 unspecified atom stereocenters. The lowest BCUT2D eigenvalue weighted by Crippen LogP contribution is -2.35. The van der Waals surface area contributed by atoms with Crippen molar-refractivity contribution in [3.8, 4) is 11.1 Å². The summed E-state index contributed by atoms with van der Waals surface area (Å²) in [5.41, 5.74) is 7.55. The maximum Gasteiger partial charge on any atom is 0.323 e. The number of carbonyl (C=O) groups is 1. The van der Waals surface area contributed by atoms with Gasteiger partial charge in [-0.1, -0.05) is 87.5 Å². The van der Waals surface area contributed by atoms with Crippen LogP contribution in [0, 0.1) is 6.92 Å². The fourth-order valence-electron chi connectivity index (χ4n) is 5.33. The van der Waals surface area contributed by atoms with E-state index in [0.717, 1.165) is 71.7 Å². The third-order valence-electron chi connectivity index (χ3n) is 7.34. The molecule has 5 heteroatoms. The third-order valence-corrected chi connectivity index (χ3v) is 7.34. The Morgan fingerprint density at radius 1 is 0.816 bits per heavy atom. The molecule has 4 aromatic carbocycles. The number of nitrogens with zero attached hydrogens (tertiary/aromatic N) is 1. The molecule has 4 aromatic rings. The Kier molecular flexibility index (Phi) is 7.50. The minimum atomic E-state index is -0.246. The zero-order valence-corrected chi connectivity index (χ0v) is 22.8. The van der Waals surface area contributed by atoms with Crippen LogP contribution in [0.3, 0.4) is 0 Å². The van der Waals surface area contributed by atoms with Crippen LogP contribution >= 0.6 is 0 Å². The molecular formula is C33H37N3O2. The van der Waals surface area contributed by atoms with Gasteiger partial charge in [0.25, 0.3) is 0 Å². The number of hydrogen-bond donors (Lipinski definition) is 2. The van der Waals surface area contributed by atoms with Gasteiger partial charge in [0.05, 0.1) is 18.9 Å². The molecule has 0 saturated carbocycles. The molecule has 1 fully saturated rings. The van der Waals surface area contributed by atoms with E-state index in [2.05, 4.69) is 91.8 Å². The van der Waals surface area contributed by atoms with E-state index < -0.39 is 0 Å². The van der Waals surface area contributed by atoms with E-state index in [-0.39, 0.29) is 11.4 Å². The number of fused-ring (bicyclic) bond motifs is 1. The Bertz CT molecular complexity index is 1430. The van der Waals surface area contributed by atoms with Crippen molar-refractivity contribution in [2.24, 2.45) is 0 Å². The fourth-order valence-corrected chi connectivity index (χ4v) is 5.33. The average Bonchev–Trinajstić information content (AvgIpc) is 2.91. The maximum absolute atomic E-state index is 13.1. The molecule has 196 valence electrons. The van der Waals surface area contributed by atoms with Gasteiger partial charge in [0.15, 0.2) is 0 Å². The number of ether oxygens (including phenoxy) is 1. The first-order valence-corrected chi connectivity index (χ1v) is 13.4. The van der Waals surface area contributed by atoms with Gasteiger partial charge in [0.2, 0.25) is 0 Å². The first kappa shape index (κ1) is 26.0. The van der Waals surface area contributed by atoms with Crippen LogP contribution in [0.2, 0.25) is 0 Å². The van der Waals surface area contributed by atoms with Crippen LogP contribution in [-0.4, -0.2) is 37.2 Å². The van der Waals surface area contributed by atoms with E-state index in [1.54, 1.807) is 0 Å². The van der Waals surface area contributed by atoms with E-state index >= 15 is 0 Å². The number of benzene rings is 4. The highest BCUT2D eigenvalue weighted by molar-refractivity contribution is 6.09. The van der Waals surface area contributed by atoms with Crippen LogP contribution in [0.15, 0.2) is 78.9 Å². The summed E-state index contributed by atoms with van der Waals surface area (Å²) in [5.74, 6) is 0. The summed E-state index contributed by atoms with van der Waals surface area (Å²) in [7, 11) is 0. The van der Waals surface area contributed by atoms with Gasteiger partial charge in [-0.15, -0.1) is 0 Å². The number of carbonyl (C=O) groups excluding carboxylic acids is 1. The van der Waals surface area contributed by atoms with Gasteiger partial charge in [-0.2, -0.15) is 0 Å². The predicted molar refractivity (Wildman–Crippen MR) is 158 cm³/mol. The Hall–Kier alpha value is -3.67. The summed E-state index contributed by atoms with van der Waals surface area (Å²) in [6.45, 7) is 13.1. The molecule has 1 aliphatic heterocycles. The SMILES string of the molecule is Cc1c(NC(=O)Nc2ccc(-c3ccc(CN4CCOCC4)cc3)c3ccccc23)cccc1C(C)(C)C. The lowest BCUT2D eigenvalue weighted by atomic mass is 9.83. The highest BCUT2D eigenvalue weighted by Crippen LogP contribution is 2.34. The lowest BCUT2D eigenvalue weighted by molar-refractivity contribution is 0.0342. The number of nitrogens with one attached hydrogen (secondary N) is 2. The summed E-state index contributed by atoms with van der Waals surface area (Å²) in [4.78, 5) is 15.5. The quantitative estimate of drug-likeness (QED) is 0.293. The van der Waals surface area contributed by atoms with Crippen molar-refractivity contribution >= 4 is 28.2 Å². The largest absolute Gasteiger partial charge is 0.379 e. The number of rotatable bonds is 5. The van der Waals surface area contributed by atoms with Crippen LogP contribution in [0.5, 0.6) is 0 Å². The normalized spacial score (nSPS) is 14.4. The van der Waals surface area contributed by atoms with Gasteiger partial charge in [-0.3, -0.25) is 4.90 Å². The molecule has 2 amide bonds. The van der Waals surface area contributed by atoms with Crippen molar-refractivity contribution in [1.82, 2.24) is 4.90 Å². The van der Waals surface area contributed by atoms with E-state index in [9.17, 15) is 4.79 Å². The summed E-state index contributed by atoms with van der Waals surface area (Å²) < 4.78 is 5.47. The van der Waals surface area contributed by atoms with Crippen LogP contribution in [0.25, 0.3) is 21.9 Å². The molecular weight excluding hydrogens is 470 g/mol.